The fourth-order valence-electron chi connectivity index (χ4n) is 2.01. The molecule has 0 saturated carbocycles. The number of hydrogen-bond acceptors (Lipinski definition) is 1. The van der Waals surface area contributed by atoms with Crippen LogP contribution in [0.2, 0.25) is 0 Å². The quantitative estimate of drug-likeness (QED) is 0.724. The number of H-pyrrole nitrogens is 1. The molecule has 1 saturated heterocycles. The SMILES string of the molecule is CC1CCCN(C(=O)c2ccc[nH]2)C1. The highest BCUT2D eigenvalue weighted by atomic mass is 16.2. The Morgan fingerprint density at radius 3 is 3.14 bits per heavy atom. The zero-order valence-corrected chi connectivity index (χ0v) is 8.49. The predicted octanol–water partition coefficient (Wildman–Crippen LogP) is 1.89. The standard InChI is InChI=1S/C11H16N2O/c1-9-4-3-7-13(8-9)11(14)10-5-2-6-12-10/h2,5-6,9,12H,3-4,7-8H2,1H3. The fourth-order valence-corrected chi connectivity index (χ4v) is 2.01. The lowest BCUT2D eigenvalue weighted by atomic mass is 10.0. The number of nitrogens with zero attached hydrogens (tertiary/aromatic N) is 1. The van der Waals surface area contributed by atoms with Crippen molar-refractivity contribution in [2.75, 3.05) is 13.1 Å². The summed E-state index contributed by atoms with van der Waals surface area (Å²) in [6.07, 6.45) is 4.17. The van der Waals surface area contributed by atoms with E-state index < -0.39 is 0 Å². The van der Waals surface area contributed by atoms with Gasteiger partial charge in [0, 0.05) is 19.3 Å². The first-order valence-electron chi connectivity index (χ1n) is 5.20. The molecule has 1 amide bonds. The van der Waals surface area contributed by atoms with E-state index >= 15 is 0 Å². The highest BCUT2D eigenvalue weighted by Crippen LogP contribution is 2.17. The molecule has 1 aromatic heterocycles. The Morgan fingerprint density at radius 2 is 2.50 bits per heavy atom. The van der Waals surface area contributed by atoms with Crippen LogP contribution in [0.25, 0.3) is 0 Å². The smallest absolute Gasteiger partial charge is 0.270 e. The molecule has 1 atom stereocenters. The van der Waals surface area contributed by atoms with Gasteiger partial charge in [0.25, 0.3) is 5.91 Å². The first-order valence-corrected chi connectivity index (χ1v) is 5.20. The molecule has 14 heavy (non-hydrogen) atoms. The molecule has 76 valence electrons. The monoisotopic (exact) mass is 192 g/mol. The van der Waals surface area contributed by atoms with E-state index in [-0.39, 0.29) is 5.91 Å². The van der Waals surface area contributed by atoms with Crippen LogP contribution in [0.4, 0.5) is 0 Å². The van der Waals surface area contributed by atoms with Gasteiger partial charge in [-0.3, -0.25) is 4.79 Å². The fraction of sp³-hybridized carbons (Fsp3) is 0.545. The van der Waals surface area contributed by atoms with Gasteiger partial charge in [-0.25, -0.2) is 0 Å². The second kappa shape index (κ2) is 3.86. The van der Waals surface area contributed by atoms with Crippen LogP contribution in [0.5, 0.6) is 0 Å². The Labute approximate surface area is 84.1 Å². The van der Waals surface area contributed by atoms with E-state index in [9.17, 15) is 4.79 Å². The van der Waals surface area contributed by atoms with Gasteiger partial charge in [0.05, 0.1) is 0 Å². The Morgan fingerprint density at radius 1 is 1.64 bits per heavy atom. The van der Waals surface area contributed by atoms with Crippen molar-refractivity contribution in [2.45, 2.75) is 19.8 Å². The molecule has 0 spiro atoms. The summed E-state index contributed by atoms with van der Waals surface area (Å²) in [5.41, 5.74) is 0.708. The Bertz CT molecular complexity index is 305. The van der Waals surface area contributed by atoms with Crippen LogP contribution in [-0.2, 0) is 0 Å². The average Bonchev–Trinajstić information content (AvgIpc) is 2.69. The summed E-state index contributed by atoms with van der Waals surface area (Å²) < 4.78 is 0. The Hall–Kier alpha value is -1.25. The molecule has 0 aliphatic carbocycles. The van der Waals surface area contributed by atoms with Gasteiger partial charge in [-0.2, -0.15) is 0 Å². The van der Waals surface area contributed by atoms with Crippen molar-refractivity contribution in [3.63, 3.8) is 0 Å². The highest BCUT2D eigenvalue weighted by Gasteiger charge is 2.22. The molecular weight excluding hydrogens is 176 g/mol. The molecule has 3 nitrogen and oxygen atoms in total. The van der Waals surface area contributed by atoms with Crippen LogP contribution >= 0.6 is 0 Å². The zero-order chi connectivity index (χ0) is 9.97. The summed E-state index contributed by atoms with van der Waals surface area (Å²) in [5.74, 6) is 0.782. The highest BCUT2D eigenvalue weighted by molar-refractivity contribution is 5.92. The van der Waals surface area contributed by atoms with Crippen LogP contribution in [0.1, 0.15) is 30.3 Å². The van der Waals surface area contributed by atoms with E-state index in [1.165, 1.54) is 6.42 Å². The van der Waals surface area contributed by atoms with Crippen molar-refractivity contribution in [1.29, 1.82) is 0 Å². The van der Waals surface area contributed by atoms with E-state index in [0.717, 1.165) is 19.5 Å². The van der Waals surface area contributed by atoms with Crippen molar-refractivity contribution >= 4 is 5.91 Å². The van der Waals surface area contributed by atoms with Gasteiger partial charge in [-0.05, 0) is 30.9 Å². The minimum absolute atomic E-state index is 0.140. The molecule has 1 N–H and O–H groups in total. The van der Waals surface area contributed by atoms with Crippen molar-refractivity contribution in [3.8, 4) is 0 Å². The average molecular weight is 192 g/mol. The van der Waals surface area contributed by atoms with Crippen LogP contribution in [0.15, 0.2) is 18.3 Å². The number of piperidine rings is 1. The van der Waals surface area contributed by atoms with E-state index in [2.05, 4.69) is 11.9 Å². The third kappa shape index (κ3) is 1.81. The van der Waals surface area contributed by atoms with Gasteiger partial charge >= 0.3 is 0 Å². The summed E-state index contributed by atoms with van der Waals surface area (Å²) in [5, 5.41) is 0. The molecule has 2 heterocycles. The van der Waals surface area contributed by atoms with E-state index in [1.807, 2.05) is 17.0 Å². The lowest BCUT2D eigenvalue weighted by Crippen LogP contribution is -2.39. The molecular formula is C11H16N2O. The summed E-state index contributed by atoms with van der Waals surface area (Å²) >= 11 is 0. The van der Waals surface area contributed by atoms with Crippen molar-refractivity contribution < 1.29 is 4.79 Å². The molecule has 0 bridgehead atoms. The van der Waals surface area contributed by atoms with Crippen molar-refractivity contribution in [2.24, 2.45) is 5.92 Å². The summed E-state index contributed by atoms with van der Waals surface area (Å²) in [4.78, 5) is 16.8. The zero-order valence-electron chi connectivity index (χ0n) is 8.49. The first-order chi connectivity index (χ1) is 6.77. The van der Waals surface area contributed by atoms with Gasteiger partial charge in [-0.15, -0.1) is 0 Å². The topological polar surface area (TPSA) is 36.1 Å². The number of rotatable bonds is 1. The van der Waals surface area contributed by atoms with Crippen molar-refractivity contribution in [3.05, 3.63) is 24.0 Å². The van der Waals surface area contributed by atoms with Gasteiger partial charge < -0.3 is 9.88 Å². The number of carbonyl (C=O) groups is 1. The van der Waals surface area contributed by atoms with Crippen molar-refractivity contribution in [1.82, 2.24) is 9.88 Å². The minimum atomic E-state index is 0.140. The number of hydrogen-bond donors (Lipinski definition) is 1. The van der Waals surface area contributed by atoms with Gasteiger partial charge in [-0.1, -0.05) is 6.92 Å². The maximum Gasteiger partial charge on any atom is 0.270 e. The maximum absolute atomic E-state index is 11.9. The van der Waals surface area contributed by atoms with E-state index in [0.29, 0.717) is 11.6 Å². The molecule has 2 rings (SSSR count). The minimum Gasteiger partial charge on any atom is -0.357 e. The predicted molar refractivity (Wildman–Crippen MR) is 55.1 cm³/mol. The second-order valence-electron chi connectivity index (χ2n) is 4.08. The van der Waals surface area contributed by atoms with Gasteiger partial charge in [0.15, 0.2) is 0 Å². The maximum atomic E-state index is 11.9. The summed E-state index contributed by atoms with van der Waals surface area (Å²) in [6, 6.07) is 3.70. The number of carbonyl (C=O) groups excluding carboxylic acids is 1. The van der Waals surface area contributed by atoms with Crippen LogP contribution in [0.3, 0.4) is 0 Å². The number of nitrogens with one attached hydrogen (secondary N) is 1. The molecule has 1 aromatic rings. The number of likely N-dealkylation sites (tertiary alicyclic amines) is 1. The molecule has 1 fully saturated rings. The molecule has 0 radical (unpaired) electrons. The Balaban J connectivity index is 2.04. The largest absolute Gasteiger partial charge is 0.357 e. The molecule has 3 heteroatoms. The van der Waals surface area contributed by atoms with E-state index in [4.69, 9.17) is 0 Å². The number of aromatic amines is 1. The first kappa shape index (κ1) is 9.31. The summed E-state index contributed by atoms with van der Waals surface area (Å²) in [6.45, 7) is 4.01. The third-order valence-corrected chi connectivity index (χ3v) is 2.77. The van der Waals surface area contributed by atoms with Gasteiger partial charge in [0.1, 0.15) is 5.69 Å². The van der Waals surface area contributed by atoms with Crippen LogP contribution in [-0.4, -0.2) is 28.9 Å². The lowest BCUT2D eigenvalue weighted by molar-refractivity contribution is 0.0678. The molecule has 1 aliphatic heterocycles. The van der Waals surface area contributed by atoms with Crippen LogP contribution < -0.4 is 0 Å². The van der Waals surface area contributed by atoms with E-state index in [1.54, 1.807) is 6.20 Å². The third-order valence-electron chi connectivity index (χ3n) is 2.77. The Kier molecular flexibility index (Phi) is 2.57. The van der Waals surface area contributed by atoms with Gasteiger partial charge in [0.2, 0.25) is 0 Å². The normalized spacial score (nSPS) is 22.4. The number of amides is 1. The lowest BCUT2D eigenvalue weighted by Gasteiger charge is -2.30. The number of aromatic nitrogens is 1. The summed E-state index contributed by atoms with van der Waals surface area (Å²) in [7, 11) is 0. The molecule has 0 aromatic carbocycles. The second-order valence-corrected chi connectivity index (χ2v) is 4.08. The molecule has 1 unspecified atom stereocenters. The van der Waals surface area contributed by atoms with Crippen LogP contribution in [0, 0.1) is 5.92 Å². The molecule has 1 aliphatic rings.